The molecule has 0 aromatic heterocycles. The molecule has 0 fully saturated rings. The fourth-order valence-electron chi connectivity index (χ4n) is 1.13. The Morgan fingerprint density at radius 1 is 1.21 bits per heavy atom. The van der Waals surface area contributed by atoms with Crippen molar-refractivity contribution in [3.8, 4) is 0 Å². The van der Waals surface area contributed by atoms with Gasteiger partial charge in [-0.25, -0.2) is 0 Å². The van der Waals surface area contributed by atoms with Crippen molar-refractivity contribution in [3.05, 3.63) is 36.8 Å². The van der Waals surface area contributed by atoms with Crippen molar-refractivity contribution in [2.75, 3.05) is 0 Å². The summed E-state index contributed by atoms with van der Waals surface area (Å²) in [5, 5.41) is 0. The molecule has 0 saturated carbocycles. The van der Waals surface area contributed by atoms with Crippen LogP contribution in [0, 0.1) is 6.92 Å². The highest BCUT2D eigenvalue weighted by Gasteiger charge is 2.29. The van der Waals surface area contributed by atoms with Crippen molar-refractivity contribution in [2.24, 2.45) is 0 Å². The highest BCUT2D eigenvalue weighted by atomic mass is 32.2. The van der Waals surface area contributed by atoms with Gasteiger partial charge in [0.15, 0.2) is 0 Å². The van der Waals surface area contributed by atoms with Crippen molar-refractivity contribution in [1.82, 2.24) is 0 Å². The van der Waals surface area contributed by atoms with Crippen molar-refractivity contribution in [1.29, 1.82) is 0 Å². The van der Waals surface area contributed by atoms with Gasteiger partial charge in [0.25, 0.3) is 0 Å². The van der Waals surface area contributed by atoms with Crippen LogP contribution >= 0.6 is 11.8 Å². The third kappa shape index (κ3) is 3.62. The van der Waals surface area contributed by atoms with Crippen molar-refractivity contribution >= 4 is 11.8 Å². The highest BCUT2D eigenvalue weighted by Crippen LogP contribution is 2.38. The van der Waals surface area contributed by atoms with Gasteiger partial charge in [0.05, 0.1) is 0 Å². The predicted molar refractivity (Wildman–Crippen MR) is 52.0 cm³/mol. The quantitative estimate of drug-likeness (QED) is 0.691. The number of hydrogen-bond donors (Lipinski definition) is 0. The van der Waals surface area contributed by atoms with Gasteiger partial charge in [-0.1, -0.05) is 25.1 Å². The van der Waals surface area contributed by atoms with E-state index in [1.807, 2.05) is 0 Å². The second-order valence-corrected chi connectivity index (χ2v) is 3.87. The van der Waals surface area contributed by atoms with E-state index in [1.54, 1.807) is 18.2 Å². The van der Waals surface area contributed by atoms with Gasteiger partial charge >= 0.3 is 5.51 Å². The molecule has 0 N–H and O–H groups in total. The third-order valence-corrected chi connectivity index (χ3v) is 2.49. The van der Waals surface area contributed by atoms with Gasteiger partial charge in [0, 0.05) is 4.90 Å². The molecule has 0 aliphatic heterocycles. The number of hydrogen-bond acceptors (Lipinski definition) is 1. The molecule has 0 aliphatic rings. The number of benzene rings is 1. The zero-order valence-electron chi connectivity index (χ0n) is 7.47. The van der Waals surface area contributed by atoms with Crippen LogP contribution in [0.2, 0.25) is 0 Å². The van der Waals surface area contributed by atoms with E-state index in [2.05, 4.69) is 6.92 Å². The van der Waals surface area contributed by atoms with E-state index in [4.69, 9.17) is 0 Å². The van der Waals surface area contributed by atoms with Crippen LogP contribution in [0.5, 0.6) is 0 Å². The maximum atomic E-state index is 12.1. The van der Waals surface area contributed by atoms with E-state index in [9.17, 15) is 13.2 Å². The monoisotopic (exact) mass is 219 g/mol. The van der Waals surface area contributed by atoms with E-state index in [1.165, 1.54) is 6.07 Å². The van der Waals surface area contributed by atoms with Crippen LogP contribution in [0.1, 0.15) is 12.0 Å². The summed E-state index contributed by atoms with van der Waals surface area (Å²) < 4.78 is 36.3. The molecule has 0 spiro atoms. The maximum Gasteiger partial charge on any atom is 0.446 e. The molecule has 0 aliphatic carbocycles. The first-order valence-electron chi connectivity index (χ1n) is 4.16. The largest absolute Gasteiger partial charge is 0.446 e. The van der Waals surface area contributed by atoms with E-state index in [-0.39, 0.29) is 16.7 Å². The van der Waals surface area contributed by atoms with Crippen LogP contribution in [0.25, 0.3) is 0 Å². The first-order chi connectivity index (χ1) is 6.53. The van der Waals surface area contributed by atoms with E-state index < -0.39 is 5.51 Å². The van der Waals surface area contributed by atoms with Gasteiger partial charge in [0.2, 0.25) is 0 Å². The van der Waals surface area contributed by atoms with E-state index >= 15 is 0 Å². The molecule has 4 heteroatoms. The Bertz CT molecular complexity index is 294. The lowest BCUT2D eigenvalue weighted by Gasteiger charge is -2.09. The summed E-state index contributed by atoms with van der Waals surface area (Å²) in [5.41, 5.74) is -3.50. The summed E-state index contributed by atoms with van der Waals surface area (Å²) in [6.07, 6.45) is 1.19. The summed E-state index contributed by atoms with van der Waals surface area (Å²) in [6, 6.07) is 6.55. The average molecular weight is 219 g/mol. The zero-order valence-corrected chi connectivity index (χ0v) is 8.29. The number of alkyl halides is 3. The fourth-order valence-corrected chi connectivity index (χ4v) is 1.82. The third-order valence-electron chi connectivity index (χ3n) is 1.64. The number of rotatable bonds is 3. The second kappa shape index (κ2) is 4.73. The zero-order chi connectivity index (χ0) is 10.6. The smallest absolute Gasteiger partial charge is 0.160 e. The Balaban J connectivity index is 2.84. The van der Waals surface area contributed by atoms with Gasteiger partial charge in [-0.05, 0) is 36.2 Å². The maximum absolute atomic E-state index is 12.1. The summed E-state index contributed by atoms with van der Waals surface area (Å²) >= 11 is -0.0605. The molecule has 0 nitrogen and oxygen atoms in total. The lowest BCUT2D eigenvalue weighted by molar-refractivity contribution is -0.0328. The second-order valence-electron chi connectivity index (χ2n) is 2.76. The van der Waals surface area contributed by atoms with Crippen LogP contribution in [-0.4, -0.2) is 5.51 Å². The number of halogens is 3. The van der Waals surface area contributed by atoms with Crippen molar-refractivity contribution in [2.45, 2.75) is 23.2 Å². The van der Waals surface area contributed by atoms with Crippen LogP contribution in [0.4, 0.5) is 13.2 Å². The van der Waals surface area contributed by atoms with Crippen molar-refractivity contribution in [3.63, 3.8) is 0 Å². The normalized spacial score (nSPS) is 11.7. The Labute approximate surface area is 85.5 Å². The number of thioether (sulfide) groups is 1. The molecule has 0 saturated heterocycles. The molecular weight excluding hydrogens is 209 g/mol. The molecule has 0 atom stereocenters. The number of aryl methyl sites for hydroxylation is 1. The molecule has 1 aromatic carbocycles. The molecule has 1 radical (unpaired) electrons. The Hall–Kier alpha value is -0.640. The molecule has 0 amide bonds. The highest BCUT2D eigenvalue weighted by molar-refractivity contribution is 8.00. The molecule has 1 rings (SSSR count). The molecule has 0 heterocycles. The van der Waals surface area contributed by atoms with Crippen LogP contribution in [-0.2, 0) is 6.42 Å². The molecule has 77 valence electrons. The Morgan fingerprint density at radius 2 is 1.86 bits per heavy atom. The summed E-state index contributed by atoms with van der Waals surface area (Å²) in [6.45, 7) is 3.63. The lowest BCUT2D eigenvalue weighted by Crippen LogP contribution is -2.00. The van der Waals surface area contributed by atoms with E-state index in [0.717, 1.165) is 0 Å². The standard InChI is InChI=1S/C10H10F3S/c1-2-5-8-6-3-4-7-9(8)14-10(11,12)13/h3-4,6-7H,1-2,5H2. The molecule has 0 unspecified atom stereocenters. The minimum Gasteiger partial charge on any atom is -0.160 e. The molecular formula is C10H10F3S. The first kappa shape index (κ1) is 11.4. The average Bonchev–Trinajstić information content (AvgIpc) is 2.06. The van der Waals surface area contributed by atoms with Gasteiger partial charge in [-0.2, -0.15) is 13.2 Å². The summed E-state index contributed by atoms with van der Waals surface area (Å²) in [4.78, 5) is 0.281. The van der Waals surface area contributed by atoms with Gasteiger partial charge < -0.3 is 0 Å². The van der Waals surface area contributed by atoms with Crippen LogP contribution in [0.15, 0.2) is 29.2 Å². The minimum absolute atomic E-state index is 0.0605. The Morgan fingerprint density at radius 3 is 2.43 bits per heavy atom. The Kier molecular flexibility index (Phi) is 3.86. The molecule has 0 bridgehead atoms. The van der Waals surface area contributed by atoms with E-state index in [0.29, 0.717) is 18.4 Å². The predicted octanol–water partition coefficient (Wildman–Crippen LogP) is 4.07. The summed E-state index contributed by atoms with van der Waals surface area (Å²) in [5.74, 6) is 0. The lowest BCUT2D eigenvalue weighted by atomic mass is 10.1. The van der Waals surface area contributed by atoms with Crippen molar-refractivity contribution < 1.29 is 13.2 Å². The van der Waals surface area contributed by atoms with Gasteiger partial charge in [-0.3, -0.25) is 0 Å². The summed E-state index contributed by atoms with van der Waals surface area (Å²) in [7, 11) is 0. The molecule has 1 aromatic rings. The van der Waals surface area contributed by atoms with Gasteiger partial charge in [-0.15, -0.1) is 0 Å². The SMILES string of the molecule is [CH2]CCc1ccccc1SC(F)(F)F. The van der Waals surface area contributed by atoms with Gasteiger partial charge in [0.1, 0.15) is 0 Å². The van der Waals surface area contributed by atoms with Crippen LogP contribution < -0.4 is 0 Å². The van der Waals surface area contributed by atoms with Crippen LogP contribution in [0.3, 0.4) is 0 Å². The topological polar surface area (TPSA) is 0 Å². The first-order valence-corrected chi connectivity index (χ1v) is 4.97. The minimum atomic E-state index is -4.21. The fraction of sp³-hybridized carbons (Fsp3) is 0.300. The molecule has 14 heavy (non-hydrogen) atoms.